The zero-order valence-corrected chi connectivity index (χ0v) is 9.96. The Labute approximate surface area is 105 Å². The molecule has 0 bridgehead atoms. The Morgan fingerprint density at radius 1 is 1.28 bits per heavy atom. The molecule has 6 nitrogen and oxygen atoms in total. The number of hydrogen-bond donors (Lipinski definition) is 1. The standard InChI is InChI=1S/C12H16O6/c1-3-9(13)17-11(15)12(18-10(14)4-2)7-5-6-8-16-12/h3-4,11,15H,1-2,5-8H2. The SMILES string of the molecule is C=CC(=O)OC(O)C1(OC(=O)C=C)CCCCO1. The molecule has 1 aliphatic heterocycles. The summed E-state index contributed by atoms with van der Waals surface area (Å²) in [5.41, 5.74) is 0. The summed E-state index contributed by atoms with van der Waals surface area (Å²) in [4.78, 5) is 22.3. The highest BCUT2D eigenvalue weighted by Crippen LogP contribution is 2.30. The van der Waals surface area contributed by atoms with Gasteiger partial charge >= 0.3 is 11.9 Å². The van der Waals surface area contributed by atoms with Crippen LogP contribution in [-0.2, 0) is 23.8 Å². The summed E-state index contributed by atoms with van der Waals surface area (Å²) in [6.07, 6.45) is 1.82. The van der Waals surface area contributed by atoms with Crippen molar-refractivity contribution in [3.8, 4) is 0 Å². The highest BCUT2D eigenvalue weighted by molar-refractivity contribution is 5.82. The van der Waals surface area contributed by atoms with Crippen molar-refractivity contribution in [3.05, 3.63) is 25.3 Å². The summed E-state index contributed by atoms with van der Waals surface area (Å²) in [6, 6.07) is 0. The van der Waals surface area contributed by atoms with Crippen LogP contribution < -0.4 is 0 Å². The van der Waals surface area contributed by atoms with Crippen LogP contribution in [0.4, 0.5) is 0 Å². The molecule has 1 N–H and O–H groups in total. The quantitative estimate of drug-likeness (QED) is 0.442. The van der Waals surface area contributed by atoms with Gasteiger partial charge < -0.3 is 19.3 Å². The van der Waals surface area contributed by atoms with Crippen molar-refractivity contribution >= 4 is 11.9 Å². The van der Waals surface area contributed by atoms with Crippen LogP contribution in [0.25, 0.3) is 0 Å². The number of carbonyl (C=O) groups excluding carboxylic acids is 2. The predicted molar refractivity (Wildman–Crippen MR) is 61.1 cm³/mol. The topological polar surface area (TPSA) is 82.1 Å². The first-order chi connectivity index (χ1) is 8.54. The lowest BCUT2D eigenvalue weighted by atomic mass is 10.0. The van der Waals surface area contributed by atoms with Gasteiger partial charge in [0.1, 0.15) is 0 Å². The van der Waals surface area contributed by atoms with Crippen LogP contribution in [0.2, 0.25) is 0 Å². The van der Waals surface area contributed by atoms with Crippen LogP contribution in [-0.4, -0.2) is 35.7 Å². The van der Waals surface area contributed by atoms with E-state index in [-0.39, 0.29) is 6.42 Å². The highest BCUT2D eigenvalue weighted by atomic mass is 16.8. The number of esters is 2. The first kappa shape index (κ1) is 14.4. The van der Waals surface area contributed by atoms with Gasteiger partial charge in [-0.3, -0.25) is 0 Å². The summed E-state index contributed by atoms with van der Waals surface area (Å²) in [7, 11) is 0. The fraction of sp³-hybridized carbons (Fsp3) is 0.500. The van der Waals surface area contributed by atoms with E-state index in [4.69, 9.17) is 9.47 Å². The van der Waals surface area contributed by atoms with E-state index in [2.05, 4.69) is 17.9 Å². The summed E-state index contributed by atoms with van der Waals surface area (Å²) in [5.74, 6) is -3.25. The smallest absolute Gasteiger partial charge is 0.332 e. The maximum absolute atomic E-state index is 11.3. The molecule has 2 unspecified atom stereocenters. The Balaban J connectivity index is 2.81. The molecule has 1 fully saturated rings. The first-order valence-corrected chi connectivity index (χ1v) is 5.54. The highest BCUT2D eigenvalue weighted by Gasteiger charge is 2.46. The molecule has 0 amide bonds. The minimum absolute atomic E-state index is 0.234. The average Bonchev–Trinajstić information content (AvgIpc) is 2.39. The maximum Gasteiger partial charge on any atom is 0.332 e. The zero-order chi connectivity index (χ0) is 13.6. The van der Waals surface area contributed by atoms with E-state index >= 15 is 0 Å². The van der Waals surface area contributed by atoms with Crippen molar-refractivity contribution in [2.45, 2.75) is 31.3 Å². The van der Waals surface area contributed by atoms with Crippen LogP contribution in [0.3, 0.4) is 0 Å². The van der Waals surface area contributed by atoms with Gasteiger partial charge in [-0.2, -0.15) is 0 Å². The molecule has 1 aliphatic rings. The summed E-state index contributed by atoms with van der Waals surface area (Å²) in [6.45, 7) is 6.76. The van der Waals surface area contributed by atoms with Crippen LogP contribution >= 0.6 is 0 Å². The fourth-order valence-electron chi connectivity index (χ4n) is 1.58. The molecule has 100 valence electrons. The number of aliphatic hydroxyl groups excluding tert-OH is 1. The number of aliphatic hydroxyl groups is 1. The molecule has 0 spiro atoms. The molecule has 1 rings (SSSR count). The fourth-order valence-corrected chi connectivity index (χ4v) is 1.58. The van der Waals surface area contributed by atoms with Gasteiger partial charge in [-0.1, -0.05) is 13.2 Å². The molecular weight excluding hydrogens is 240 g/mol. The summed E-state index contributed by atoms with van der Waals surface area (Å²) < 4.78 is 14.9. The molecule has 0 aliphatic carbocycles. The van der Waals surface area contributed by atoms with Gasteiger partial charge in [0.2, 0.25) is 0 Å². The second-order valence-electron chi connectivity index (χ2n) is 3.74. The Morgan fingerprint density at radius 3 is 2.44 bits per heavy atom. The summed E-state index contributed by atoms with van der Waals surface area (Å²) in [5, 5.41) is 9.84. The van der Waals surface area contributed by atoms with E-state index in [1.165, 1.54) is 0 Å². The molecule has 0 saturated carbocycles. The van der Waals surface area contributed by atoms with Crippen LogP contribution in [0.1, 0.15) is 19.3 Å². The van der Waals surface area contributed by atoms with E-state index in [0.29, 0.717) is 13.0 Å². The lowest BCUT2D eigenvalue weighted by Crippen LogP contribution is -2.52. The Bertz CT molecular complexity index is 342. The third-order valence-electron chi connectivity index (χ3n) is 2.48. The maximum atomic E-state index is 11.3. The number of ether oxygens (including phenoxy) is 3. The Morgan fingerprint density at radius 2 is 1.94 bits per heavy atom. The van der Waals surface area contributed by atoms with Gasteiger partial charge in [-0.15, -0.1) is 0 Å². The summed E-state index contributed by atoms with van der Waals surface area (Å²) >= 11 is 0. The second kappa shape index (κ2) is 6.32. The monoisotopic (exact) mass is 256 g/mol. The third kappa shape index (κ3) is 3.41. The minimum atomic E-state index is -1.70. The van der Waals surface area contributed by atoms with Crippen molar-refractivity contribution in [2.75, 3.05) is 6.61 Å². The van der Waals surface area contributed by atoms with Crippen LogP contribution in [0.5, 0.6) is 0 Å². The Kier molecular flexibility index (Phi) is 5.06. The second-order valence-corrected chi connectivity index (χ2v) is 3.74. The minimum Gasteiger partial charge on any atom is -0.425 e. The van der Waals surface area contributed by atoms with Crippen molar-refractivity contribution < 1.29 is 28.9 Å². The predicted octanol–water partition coefficient (Wildman–Crippen LogP) is 0.660. The van der Waals surface area contributed by atoms with Gasteiger partial charge in [0, 0.05) is 18.6 Å². The molecule has 6 heteroatoms. The van der Waals surface area contributed by atoms with Gasteiger partial charge in [-0.25, -0.2) is 9.59 Å². The molecule has 0 aromatic carbocycles. The largest absolute Gasteiger partial charge is 0.425 e. The van der Waals surface area contributed by atoms with Gasteiger partial charge in [-0.05, 0) is 12.8 Å². The van der Waals surface area contributed by atoms with E-state index in [9.17, 15) is 14.7 Å². The third-order valence-corrected chi connectivity index (χ3v) is 2.48. The number of rotatable bonds is 5. The lowest BCUT2D eigenvalue weighted by Gasteiger charge is -2.38. The molecule has 1 saturated heterocycles. The van der Waals surface area contributed by atoms with Crippen LogP contribution in [0, 0.1) is 0 Å². The molecule has 0 radical (unpaired) electrons. The molecule has 2 atom stereocenters. The molecule has 18 heavy (non-hydrogen) atoms. The molecular formula is C12H16O6. The van der Waals surface area contributed by atoms with E-state index in [1.54, 1.807) is 0 Å². The van der Waals surface area contributed by atoms with E-state index in [0.717, 1.165) is 18.6 Å². The molecule has 0 aromatic rings. The lowest BCUT2D eigenvalue weighted by molar-refractivity contribution is -0.329. The number of carbonyl (C=O) groups is 2. The molecule has 0 aromatic heterocycles. The van der Waals surface area contributed by atoms with Gasteiger partial charge in [0.15, 0.2) is 0 Å². The zero-order valence-electron chi connectivity index (χ0n) is 9.96. The molecule has 1 heterocycles. The van der Waals surface area contributed by atoms with Gasteiger partial charge in [0.05, 0.1) is 6.61 Å². The first-order valence-electron chi connectivity index (χ1n) is 5.54. The van der Waals surface area contributed by atoms with Crippen molar-refractivity contribution in [3.63, 3.8) is 0 Å². The normalized spacial score (nSPS) is 24.7. The van der Waals surface area contributed by atoms with Crippen molar-refractivity contribution in [1.29, 1.82) is 0 Å². The van der Waals surface area contributed by atoms with Crippen LogP contribution in [0.15, 0.2) is 25.3 Å². The number of hydrogen-bond acceptors (Lipinski definition) is 6. The van der Waals surface area contributed by atoms with E-state index in [1.807, 2.05) is 0 Å². The van der Waals surface area contributed by atoms with Crippen molar-refractivity contribution in [2.24, 2.45) is 0 Å². The Hall–Kier alpha value is -1.66. The van der Waals surface area contributed by atoms with Crippen molar-refractivity contribution in [1.82, 2.24) is 0 Å². The average molecular weight is 256 g/mol. The van der Waals surface area contributed by atoms with E-state index < -0.39 is 24.0 Å². The van der Waals surface area contributed by atoms with Gasteiger partial charge in [0.25, 0.3) is 12.1 Å².